The Morgan fingerprint density at radius 3 is 2.09 bits per heavy atom. The number of carbonyl (C=O) groups excluding carboxylic acids is 2. The molecule has 33 heavy (non-hydrogen) atoms. The highest BCUT2D eigenvalue weighted by atomic mass is 127. The van der Waals surface area contributed by atoms with Gasteiger partial charge < -0.3 is 26.0 Å². The van der Waals surface area contributed by atoms with Gasteiger partial charge in [0.25, 0.3) is 0 Å². The molecule has 0 aromatic heterocycles. The number of benzene rings is 2. The lowest BCUT2D eigenvalue weighted by molar-refractivity contribution is -0.121. The molecule has 0 unspecified atom stereocenters. The SMILES string of the molecule is CC(C)Oc1ccc(NC(=NCC(=O)Nc2ccccc2)NCC(=O)NC(C)(C)C)cc1.I. The van der Waals surface area contributed by atoms with E-state index in [-0.39, 0.29) is 60.5 Å². The average Bonchev–Trinajstić information content (AvgIpc) is 2.70. The van der Waals surface area contributed by atoms with Crippen LogP contribution < -0.4 is 26.0 Å². The summed E-state index contributed by atoms with van der Waals surface area (Å²) >= 11 is 0. The first kappa shape index (κ1) is 28.2. The van der Waals surface area contributed by atoms with Crippen LogP contribution in [-0.4, -0.2) is 42.5 Å². The Hall–Kier alpha value is -2.82. The average molecular weight is 567 g/mol. The molecule has 180 valence electrons. The number of amides is 2. The van der Waals surface area contributed by atoms with Crippen LogP contribution in [0.25, 0.3) is 0 Å². The molecule has 2 aromatic rings. The lowest BCUT2D eigenvalue weighted by atomic mass is 10.1. The van der Waals surface area contributed by atoms with Crippen LogP contribution in [0.15, 0.2) is 59.6 Å². The predicted molar refractivity (Wildman–Crippen MR) is 145 cm³/mol. The third kappa shape index (κ3) is 12.1. The third-order valence-electron chi connectivity index (χ3n) is 3.86. The smallest absolute Gasteiger partial charge is 0.246 e. The Labute approximate surface area is 213 Å². The second kappa shape index (κ2) is 13.7. The number of nitrogens with one attached hydrogen (secondary N) is 4. The second-order valence-corrected chi connectivity index (χ2v) is 8.55. The number of hydrogen-bond donors (Lipinski definition) is 4. The summed E-state index contributed by atoms with van der Waals surface area (Å²) < 4.78 is 5.66. The maximum Gasteiger partial charge on any atom is 0.246 e. The predicted octanol–water partition coefficient (Wildman–Crippen LogP) is 4.00. The van der Waals surface area contributed by atoms with Crippen molar-refractivity contribution in [3.05, 3.63) is 54.6 Å². The van der Waals surface area contributed by atoms with E-state index >= 15 is 0 Å². The molecule has 2 amide bonds. The minimum Gasteiger partial charge on any atom is -0.491 e. The zero-order valence-electron chi connectivity index (χ0n) is 19.8. The molecule has 0 atom stereocenters. The van der Waals surface area contributed by atoms with E-state index in [4.69, 9.17) is 4.74 Å². The quantitative estimate of drug-likeness (QED) is 0.220. The summed E-state index contributed by atoms with van der Waals surface area (Å²) in [7, 11) is 0. The van der Waals surface area contributed by atoms with Crippen LogP contribution in [0.4, 0.5) is 11.4 Å². The summed E-state index contributed by atoms with van der Waals surface area (Å²) in [4.78, 5) is 28.8. The fourth-order valence-electron chi connectivity index (χ4n) is 2.66. The summed E-state index contributed by atoms with van der Waals surface area (Å²) in [6.07, 6.45) is 0.0806. The van der Waals surface area contributed by atoms with Crippen molar-refractivity contribution in [2.45, 2.75) is 46.3 Å². The molecule has 0 aliphatic carbocycles. The van der Waals surface area contributed by atoms with Crippen molar-refractivity contribution in [1.29, 1.82) is 0 Å². The van der Waals surface area contributed by atoms with E-state index in [1.165, 1.54) is 0 Å². The van der Waals surface area contributed by atoms with Crippen LogP contribution in [0.5, 0.6) is 5.75 Å². The largest absolute Gasteiger partial charge is 0.491 e. The Bertz CT molecular complexity index is 910. The molecule has 0 spiro atoms. The van der Waals surface area contributed by atoms with Crippen molar-refractivity contribution in [3.8, 4) is 5.75 Å². The van der Waals surface area contributed by atoms with Crippen molar-refractivity contribution in [3.63, 3.8) is 0 Å². The van der Waals surface area contributed by atoms with E-state index in [9.17, 15) is 9.59 Å². The summed E-state index contributed by atoms with van der Waals surface area (Å²) in [6, 6.07) is 16.5. The lowest BCUT2D eigenvalue weighted by Crippen LogP contribution is -2.47. The summed E-state index contributed by atoms with van der Waals surface area (Å²) in [5, 5.41) is 11.8. The van der Waals surface area contributed by atoms with Gasteiger partial charge in [-0.2, -0.15) is 0 Å². The molecule has 0 radical (unpaired) electrons. The van der Waals surface area contributed by atoms with E-state index in [1.807, 2.05) is 77.1 Å². The maximum absolute atomic E-state index is 12.3. The number of anilines is 2. The number of hydrogen-bond acceptors (Lipinski definition) is 4. The molecular weight excluding hydrogens is 533 g/mol. The molecule has 8 nitrogen and oxygen atoms in total. The fourth-order valence-corrected chi connectivity index (χ4v) is 2.66. The molecule has 0 fully saturated rings. The molecule has 2 rings (SSSR count). The number of halogens is 1. The number of rotatable bonds is 8. The number of ether oxygens (including phenoxy) is 1. The third-order valence-corrected chi connectivity index (χ3v) is 3.86. The van der Waals surface area contributed by atoms with E-state index in [2.05, 4.69) is 26.3 Å². The summed E-state index contributed by atoms with van der Waals surface area (Å²) in [5.74, 6) is 0.622. The summed E-state index contributed by atoms with van der Waals surface area (Å²) in [5.41, 5.74) is 1.10. The molecule has 4 N–H and O–H groups in total. The minimum atomic E-state index is -0.342. The van der Waals surface area contributed by atoms with E-state index < -0.39 is 0 Å². The van der Waals surface area contributed by atoms with Crippen molar-refractivity contribution in [2.24, 2.45) is 4.99 Å². The topological polar surface area (TPSA) is 104 Å². The van der Waals surface area contributed by atoms with Crippen molar-refractivity contribution in [2.75, 3.05) is 23.7 Å². The maximum atomic E-state index is 12.3. The van der Waals surface area contributed by atoms with Gasteiger partial charge >= 0.3 is 0 Å². The van der Waals surface area contributed by atoms with Gasteiger partial charge in [-0.25, -0.2) is 4.99 Å². The minimum absolute atomic E-state index is 0. The first-order chi connectivity index (χ1) is 15.1. The lowest BCUT2D eigenvalue weighted by Gasteiger charge is -2.21. The van der Waals surface area contributed by atoms with Gasteiger partial charge in [-0.15, -0.1) is 24.0 Å². The zero-order chi connectivity index (χ0) is 23.6. The van der Waals surface area contributed by atoms with Crippen LogP contribution in [-0.2, 0) is 9.59 Å². The highest BCUT2D eigenvalue weighted by molar-refractivity contribution is 14.0. The molecule has 0 aliphatic rings. The Morgan fingerprint density at radius 1 is 0.909 bits per heavy atom. The van der Waals surface area contributed by atoms with E-state index in [0.29, 0.717) is 11.6 Å². The number of nitrogens with zero attached hydrogens (tertiary/aromatic N) is 1. The molecule has 9 heteroatoms. The first-order valence-corrected chi connectivity index (χ1v) is 10.6. The van der Waals surface area contributed by atoms with Gasteiger partial charge in [-0.05, 0) is 71.0 Å². The van der Waals surface area contributed by atoms with Crippen molar-refractivity contribution in [1.82, 2.24) is 10.6 Å². The monoisotopic (exact) mass is 567 g/mol. The molecule has 0 saturated heterocycles. The van der Waals surface area contributed by atoms with Crippen LogP contribution in [0.1, 0.15) is 34.6 Å². The normalized spacial score (nSPS) is 11.3. The highest BCUT2D eigenvalue weighted by Crippen LogP contribution is 2.16. The zero-order valence-corrected chi connectivity index (χ0v) is 22.1. The Morgan fingerprint density at radius 2 is 1.52 bits per heavy atom. The molecule has 0 saturated carbocycles. The number of para-hydroxylation sites is 1. The van der Waals surface area contributed by atoms with Gasteiger partial charge in [0.2, 0.25) is 11.8 Å². The molecule has 2 aromatic carbocycles. The van der Waals surface area contributed by atoms with E-state index in [0.717, 1.165) is 11.4 Å². The van der Waals surface area contributed by atoms with Crippen molar-refractivity contribution < 1.29 is 14.3 Å². The van der Waals surface area contributed by atoms with Gasteiger partial charge in [0.15, 0.2) is 5.96 Å². The van der Waals surface area contributed by atoms with Crippen molar-refractivity contribution >= 4 is 53.1 Å². The Kier molecular flexibility index (Phi) is 11.7. The number of aliphatic imine (C=N–C) groups is 1. The van der Waals surface area contributed by atoms with E-state index in [1.54, 1.807) is 12.1 Å². The summed E-state index contributed by atoms with van der Waals surface area (Å²) in [6.45, 7) is 9.55. The Balaban J connectivity index is 0.00000544. The van der Waals surface area contributed by atoms with Gasteiger partial charge in [0.1, 0.15) is 12.3 Å². The fraction of sp³-hybridized carbons (Fsp3) is 0.375. The first-order valence-electron chi connectivity index (χ1n) is 10.6. The number of carbonyl (C=O) groups is 2. The molecular formula is C24H34IN5O3. The van der Waals surface area contributed by atoms with Crippen LogP contribution in [0.3, 0.4) is 0 Å². The van der Waals surface area contributed by atoms with Crippen LogP contribution in [0.2, 0.25) is 0 Å². The van der Waals surface area contributed by atoms with Gasteiger partial charge in [-0.1, -0.05) is 18.2 Å². The highest BCUT2D eigenvalue weighted by Gasteiger charge is 2.14. The molecule has 0 aliphatic heterocycles. The van der Waals surface area contributed by atoms with Crippen LogP contribution >= 0.6 is 24.0 Å². The van der Waals surface area contributed by atoms with Gasteiger partial charge in [-0.3, -0.25) is 9.59 Å². The van der Waals surface area contributed by atoms with Gasteiger partial charge in [0, 0.05) is 16.9 Å². The van der Waals surface area contributed by atoms with Gasteiger partial charge in [0.05, 0.1) is 12.6 Å². The molecule has 0 bridgehead atoms. The standard InChI is InChI=1S/C24H33N5O3.HI/c1-17(2)32-20-13-11-19(12-14-20)28-23(26-16-22(31)29-24(3,4)5)25-15-21(30)27-18-9-7-6-8-10-18;/h6-14,17H,15-16H2,1-5H3,(H,27,30)(H,29,31)(H2,25,26,28);1H. The number of guanidine groups is 1. The second-order valence-electron chi connectivity index (χ2n) is 8.55. The molecule has 0 heterocycles. The van der Waals surface area contributed by atoms with Crippen LogP contribution in [0, 0.1) is 0 Å².